The topological polar surface area (TPSA) is 0 Å². The van der Waals surface area contributed by atoms with Crippen molar-refractivity contribution in [2.45, 2.75) is 27.7 Å². The van der Waals surface area contributed by atoms with Crippen molar-refractivity contribution in [1.29, 1.82) is 0 Å². The molecule has 0 fully saturated rings. The number of hydrogen-bond acceptors (Lipinski definition) is 2. The molecular weight excluding hydrogens is 192 g/mol. The predicted molar refractivity (Wildman–Crippen MR) is 65.0 cm³/mol. The Bertz CT molecular complexity index is 61.7. The van der Waals surface area contributed by atoms with E-state index < -0.39 is 0 Å². The van der Waals surface area contributed by atoms with Crippen LogP contribution < -0.4 is 0 Å². The average Bonchev–Trinajstić information content (AvgIpc) is 1.79. The van der Waals surface area contributed by atoms with Crippen LogP contribution in [0.5, 0.6) is 0 Å². The molecule has 0 aromatic heterocycles. The minimum atomic E-state index is 0. The van der Waals surface area contributed by atoms with Gasteiger partial charge in [0.25, 0.3) is 0 Å². The fourth-order valence-corrected chi connectivity index (χ4v) is 3.32. The van der Waals surface area contributed by atoms with E-state index in [9.17, 15) is 0 Å². The summed E-state index contributed by atoms with van der Waals surface area (Å²) in [6, 6.07) is 0. The molecule has 0 aliphatic rings. The van der Waals surface area contributed by atoms with Gasteiger partial charge in [0.1, 0.15) is 0 Å². The van der Waals surface area contributed by atoms with Crippen LogP contribution in [0.15, 0.2) is 0 Å². The lowest BCUT2D eigenvalue weighted by molar-refractivity contribution is 0.749. The van der Waals surface area contributed by atoms with Gasteiger partial charge in [-0.3, -0.25) is 0 Å². The minimum Gasteiger partial charge on any atom is -0.197 e. The summed E-state index contributed by atoms with van der Waals surface area (Å²) in [4.78, 5) is 0. The highest BCUT2D eigenvalue weighted by molar-refractivity contribution is 8.76. The van der Waals surface area contributed by atoms with Crippen LogP contribution in [0.25, 0.3) is 0 Å². The molecule has 0 bridgehead atoms. The zero-order valence-electron chi connectivity index (χ0n) is 7.89. The van der Waals surface area contributed by atoms with Crippen molar-refractivity contribution in [3.05, 3.63) is 0 Å². The summed E-state index contributed by atoms with van der Waals surface area (Å²) in [7, 11) is 4.01. The SMILES string of the molecule is CC(C)CSSCC(C)C.S. The first-order valence-electron chi connectivity index (χ1n) is 3.87. The molecule has 0 amide bonds. The van der Waals surface area contributed by atoms with Crippen LogP contribution in [0.2, 0.25) is 0 Å². The molecule has 0 nitrogen and oxygen atoms in total. The van der Waals surface area contributed by atoms with Crippen molar-refractivity contribution in [3.63, 3.8) is 0 Å². The molecule has 70 valence electrons. The third-order valence-electron chi connectivity index (χ3n) is 0.886. The van der Waals surface area contributed by atoms with Gasteiger partial charge < -0.3 is 0 Å². The summed E-state index contributed by atoms with van der Waals surface area (Å²) in [5.41, 5.74) is 0. The maximum atomic E-state index is 2.27. The Hall–Kier alpha value is 1.05. The summed E-state index contributed by atoms with van der Waals surface area (Å²) >= 11 is 0. The van der Waals surface area contributed by atoms with Gasteiger partial charge in [0.05, 0.1) is 0 Å². The Morgan fingerprint density at radius 3 is 1.27 bits per heavy atom. The predicted octanol–water partition coefficient (Wildman–Crippen LogP) is 3.79. The molecule has 0 atom stereocenters. The molecule has 0 aromatic rings. The number of hydrogen-bond donors (Lipinski definition) is 0. The molecule has 0 radical (unpaired) electrons. The third-order valence-corrected chi connectivity index (χ3v) is 3.97. The van der Waals surface area contributed by atoms with E-state index in [2.05, 4.69) is 27.7 Å². The van der Waals surface area contributed by atoms with Crippen molar-refractivity contribution in [1.82, 2.24) is 0 Å². The molecule has 0 saturated heterocycles. The molecule has 11 heavy (non-hydrogen) atoms. The molecule has 0 heterocycles. The largest absolute Gasteiger partial charge is 0.197 e. The van der Waals surface area contributed by atoms with E-state index in [4.69, 9.17) is 0 Å². The highest BCUT2D eigenvalue weighted by Gasteiger charge is 1.96. The zero-order valence-corrected chi connectivity index (χ0v) is 10.5. The van der Waals surface area contributed by atoms with Gasteiger partial charge >= 0.3 is 0 Å². The fraction of sp³-hybridized carbons (Fsp3) is 1.00. The van der Waals surface area contributed by atoms with E-state index in [1.54, 1.807) is 0 Å². The lowest BCUT2D eigenvalue weighted by Crippen LogP contribution is -1.91. The van der Waals surface area contributed by atoms with Crippen LogP contribution in [-0.4, -0.2) is 11.5 Å². The lowest BCUT2D eigenvalue weighted by atomic mass is 10.3. The minimum absolute atomic E-state index is 0. The smallest absolute Gasteiger partial charge is 0.00600 e. The third kappa shape index (κ3) is 14.0. The highest BCUT2D eigenvalue weighted by Crippen LogP contribution is 2.25. The molecular formula is C8H20S3. The molecule has 0 aliphatic heterocycles. The van der Waals surface area contributed by atoms with Crippen LogP contribution in [0.1, 0.15) is 27.7 Å². The van der Waals surface area contributed by atoms with Crippen molar-refractivity contribution < 1.29 is 0 Å². The van der Waals surface area contributed by atoms with Crippen LogP contribution in [0.4, 0.5) is 0 Å². The second-order valence-corrected chi connectivity index (χ2v) is 5.91. The fourth-order valence-electron chi connectivity index (χ4n) is 0.368. The first-order valence-corrected chi connectivity index (χ1v) is 6.36. The van der Waals surface area contributed by atoms with Crippen LogP contribution >= 0.6 is 35.1 Å². The van der Waals surface area contributed by atoms with Gasteiger partial charge in [-0.15, -0.1) is 0 Å². The Labute approximate surface area is 86.1 Å². The van der Waals surface area contributed by atoms with Crippen LogP contribution in [-0.2, 0) is 0 Å². The standard InChI is InChI=1S/C8H18S2.H2S/c1-7(2)5-9-10-6-8(3)4;/h7-8H,5-6H2,1-4H3;1H2. The van der Waals surface area contributed by atoms with Gasteiger partial charge in [0.15, 0.2) is 0 Å². The molecule has 0 aromatic carbocycles. The maximum Gasteiger partial charge on any atom is 0.00600 e. The van der Waals surface area contributed by atoms with Crippen LogP contribution in [0, 0.1) is 11.8 Å². The summed E-state index contributed by atoms with van der Waals surface area (Å²) in [5.74, 6) is 4.25. The van der Waals surface area contributed by atoms with Crippen molar-refractivity contribution in [2.24, 2.45) is 11.8 Å². The zero-order chi connectivity index (χ0) is 7.98. The quantitative estimate of drug-likeness (QED) is 0.502. The van der Waals surface area contributed by atoms with Gasteiger partial charge in [-0.05, 0) is 11.8 Å². The Balaban J connectivity index is 0. The second kappa shape index (κ2) is 9.14. The Kier molecular flexibility index (Phi) is 12.1. The van der Waals surface area contributed by atoms with E-state index in [0.29, 0.717) is 0 Å². The summed E-state index contributed by atoms with van der Waals surface area (Å²) < 4.78 is 0. The maximum absolute atomic E-state index is 2.27. The molecule has 0 N–H and O–H groups in total. The van der Waals surface area contributed by atoms with E-state index >= 15 is 0 Å². The Morgan fingerprint density at radius 1 is 0.818 bits per heavy atom. The van der Waals surface area contributed by atoms with Gasteiger partial charge in [0, 0.05) is 11.5 Å². The van der Waals surface area contributed by atoms with Crippen LogP contribution in [0.3, 0.4) is 0 Å². The van der Waals surface area contributed by atoms with Gasteiger partial charge in [-0.1, -0.05) is 49.3 Å². The second-order valence-electron chi connectivity index (χ2n) is 3.36. The van der Waals surface area contributed by atoms with E-state index in [-0.39, 0.29) is 13.5 Å². The molecule has 3 heteroatoms. The molecule has 0 rings (SSSR count). The van der Waals surface area contributed by atoms with E-state index in [1.807, 2.05) is 21.6 Å². The average molecular weight is 212 g/mol. The monoisotopic (exact) mass is 212 g/mol. The van der Waals surface area contributed by atoms with Gasteiger partial charge in [-0.25, -0.2) is 0 Å². The molecule has 0 aliphatic carbocycles. The van der Waals surface area contributed by atoms with Crippen molar-refractivity contribution in [2.75, 3.05) is 11.5 Å². The van der Waals surface area contributed by atoms with Crippen molar-refractivity contribution >= 4 is 35.1 Å². The molecule has 0 unspecified atom stereocenters. The summed E-state index contributed by atoms with van der Waals surface area (Å²) in [6.07, 6.45) is 0. The van der Waals surface area contributed by atoms with Crippen molar-refractivity contribution in [3.8, 4) is 0 Å². The normalized spacial score (nSPS) is 10.4. The summed E-state index contributed by atoms with van der Waals surface area (Å²) in [5, 5.41) is 0. The molecule has 0 spiro atoms. The van der Waals surface area contributed by atoms with E-state index in [0.717, 1.165) is 11.8 Å². The number of rotatable bonds is 5. The lowest BCUT2D eigenvalue weighted by Gasteiger charge is -2.04. The van der Waals surface area contributed by atoms with Gasteiger partial charge in [-0.2, -0.15) is 13.5 Å². The summed E-state index contributed by atoms with van der Waals surface area (Å²) in [6.45, 7) is 9.07. The van der Waals surface area contributed by atoms with Gasteiger partial charge in [0.2, 0.25) is 0 Å². The Morgan fingerprint density at radius 2 is 1.09 bits per heavy atom. The first-order chi connectivity index (χ1) is 4.63. The highest BCUT2D eigenvalue weighted by atomic mass is 33.1. The first kappa shape index (κ1) is 14.6. The molecule has 0 saturated carbocycles. The van der Waals surface area contributed by atoms with E-state index in [1.165, 1.54) is 11.5 Å².